The Labute approximate surface area is 67.7 Å². The van der Waals surface area contributed by atoms with Crippen LogP contribution in [0.5, 0.6) is 0 Å². The summed E-state index contributed by atoms with van der Waals surface area (Å²) in [6.07, 6.45) is -6.52. The quantitative estimate of drug-likeness (QED) is 0.486. The maximum Gasteiger partial charge on any atom is 0.320 e. The van der Waals surface area contributed by atoms with E-state index in [4.69, 9.17) is 0 Å². The number of esters is 1. The van der Waals surface area contributed by atoms with Gasteiger partial charge in [0.2, 0.25) is 0 Å². The number of hydrogen-bond acceptors (Lipinski definition) is 2. The Balaban J connectivity index is 3.74. The maximum atomic E-state index is 12.0. The minimum atomic E-state index is -3.30. The van der Waals surface area contributed by atoms with Gasteiger partial charge in [-0.25, -0.2) is 8.78 Å². The van der Waals surface area contributed by atoms with Crippen LogP contribution in [0.1, 0.15) is 13.3 Å². The Bertz CT molecular complexity index is 204. The Kier molecular flexibility index (Phi) is 4.93. The van der Waals surface area contributed by atoms with Crippen LogP contribution in [0, 0.1) is 11.8 Å². The summed E-state index contributed by atoms with van der Waals surface area (Å²) >= 11 is 0. The summed E-state index contributed by atoms with van der Waals surface area (Å²) in [4.78, 5) is 10.4. The molecular formula is C7H7F3O2. The van der Waals surface area contributed by atoms with Crippen molar-refractivity contribution < 1.29 is 22.7 Å². The monoisotopic (exact) mass is 180 g/mol. The lowest BCUT2D eigenvalue weighted by molar-refractivity contribution is -0.172. The van der Waals surface area contributed by atoms with Gasteiger partial charge in [-0.05, 0) is 6.92 Å². The molecule has 0 heterocycles. The van der Waals surface area contributed by atoms with Crippen molar-refractivity contribution in [2.45, 2.75) is 26.1 Å². The summed E-state index contributed by atoms with van der Waals surface area (Å²) in [7, 11) is 0. The van der Waals surface area contributed by atoms with Gasteiger partial charge in [0.15, 0.2) is 0 Å². The van der Waals surface area contributed by atoms with Crippen molar-refractivity contribution >= 4 is 5.97 Å². The fourth-order valence-corrected chi connectivity index (χ4v) is 0.379. The average Bonchev–Trinajstić information content (AvgIpc) is 2.00. The summed E-state index contributed by atoms with van der Waals surface area (Å²) in [5, 5.41) is 0. The van der Waals surface area contributed by atoms with E-state index in [1.165, 1.54) is 6.92 Å². The third-order valence-corrected chi connectivity index (χ3v) is 0.852. The van der Waals surface area contributed by atoms with E-state index < -0.39 is 18.8 Å². The largest absolute Gasteiger partial charge is 0.424 e. The van der Waals surface area contributed by atoms with E-state index in [1.807, 2.05) is 0 Å². The molecule has 0 aromatic carbocycles. The van der Waals surface area contributed by atoms with Gasteiger partial charge in [0.1, 0.15) is 6.42 Å². The third kappa shape index (κ3) is 4.61. The number of carbonyl (C=O) groups excluding carboxylic acids is 1. The van der Waals surface area contributed by atoms with Crippen LogP contribution < -0.4 is 0 Å². The topological polar surface area (TPSA) is 26.3 Å². The van der Waals surface area contributed by atoms with E-state index in [-0.39, 0.29) is 6.42 Å². The first-order valence-electron chi connectivity index (χ1n) is 3.09. The van der Waals surface area contributed by atoms with Gasteiger partial charge in [-0.2, -0.15) is 4.39 Å². The second-order valence-corrected chi connectivity index (χ2v) is 1.78. The van der Waals surface area contributed by atoms with E-state index in [0.717, 1.165) is 0 Å². The normalized spacial score (nSPS) is 11.8. The smallest absolute Gasteiger partial charge is 0.320 e. The van der Waals surface area contributed by atoms with Crippen LogP contribution in [0.4, 0.5) is 13.2 Å². The Morgan fingerprint density at radius 3 is 2.50 bits per heavy atom. The molecule has 0 saturated heterocycles. The zero-order valence-corrected chi connectivity index (χ0v) is 6.31. The van der Waals surface area contributed by atoms with Crippen molar-refractivity contribution in [3.8, 4) is 11.8 Å². The molecule has 0 radical (unpaired) electrons. The lowest BCUT2D eigenvalue weighted by Gasteiger charge is -2.06. The lowest BCUT2D eigenvalue weighted by Crippen LogP contribution is -2.20. The molecule has 1 unspecified atom stereocenters. The standard InChI is InChI=1S/C7H7F3O2/c1-2-3-4-5(11)12-7(10)6(8)9/h6-7H,4H2,1H3. The molecular weight excluding hydrogens is 173 g/mol. The molecule has 0 aromatic rings. The second kappa shape index (κ2) is 5.47. The van der Waals surface area contributed by atoms with Crippen molar-refractivity contribution in [1.29, 1.82) is 0 Å². The molecule has 0 saturated carbocycles. The highest BCUT2D eigenvalue weighted by molar-refractivity contribution is 5.72. The molecule has 0 rings (SSSR count). The fourth-order valence-electron chi connectivity index (χ4n) is 0.379. The third-order valence-electron chi connectivity index (χ3n) is 0.852. The van der Waals surface area contributed by atoms with Gasteiger partial charge >= 0.3 is 18.8 Å². The van der Waals surface area contributed by atoms with Crippen LogP contribution in [0.15, 0.2) is 0 Å². The van der Waals surface area contributed by atoms with Gasteiger partial charge in [0.25, 0.3) is 0 Å². The first-order valence-corrected chi connectivity index (χ1v) is 3.09. The molecule has 0 aliphatic carbocycles. The molecule has 1 atom stereocenters. The SMILES string of the molecule is CC#CCC(=O)OC(F)C(F)F. The molecule has 0 aromatic heterocycles. The molecule has 0 aliphatic heterocycles. The summed E-state index contributed by atoms with van der Waals surface area (Å²) in [5.41, 5.74) is 0. The predicted molar refractivity (Wildman–Crippen MR) is 35.1 cm³/mol. The molecule has 0 amide bonds. The molecule has 5 heteroatoms. The van der Waals surface area contributed by atoms with Gasteiger partial charge in [-0.1, -0.05) is 5.92 Å². The number of halogens is 3. The Morgan fingerprint density at radius 2 is 2.08 bits per heavy atom. The first kappa shape index (κ1) is 10.8. The van der Waals surface area contributed by atoms with E-state index in [9.17, 15) is 18.0 Å². The molecule has 12 heavy (non-hydrogen) atoms. The summed E-state index contributed by atoms with van der Waals surface area (Å²) in [6, 6.07) is 0. The van der Waals surface area contributed by atoms with Gasteiger partial charge in [0.05, 0.1) is 0 Å². The van der Waals surface area contributed by atoms with E-state index >= 15 is 0 Å². The van der Waals surface area contributed by atoms with Crippen molar-refractivity contribution in [3.05, 3.63) is 0 Å². The molecule has 0 bridgehead atoms. The first-order chi connectivity index (χ1) is 5.57. The number of alkyl halides is 3. The highest BCUT2D eigenvalue weighted by Crippen LogP contribution is 2.07. The Morgan fingerprint density at radius 1 is 1.50 bits per heavy atom. The highest BCUT2D eigenvalue weighted by atomic mass is 19.3. The number of carbonyl (C=O) groups is 1. The molecule has 0 spiro atoms. The number of ether oxygens (including phenoxy) is 1. The van der Waals surface area contributed by atoms with E-state index in [2.05, 4.69) is 16.6 Å². The van der Waals surface area contributed by atoms with Crippen molar-refractivity contribution in [2.75, 3.05) is 0 Å². The van der Waals surface area contributed by atoms with Gasteiger partial charge in [-0.15, -0.1) is 5.92 Å². The molecule has 0 aliphatic rings. The van der Waals surface area contributed by atoms with Crippen LogP contribution in [0.3, 0.4) is 0 Å². The number of rotatable bonds is 3. The minimum absolute atomic E-state index is 0.371. The summed E-state index contributed by atoms with van der Waals surface area (Å²) in [5.74, 6) is 3.51. The molecule has 2 nitrogen and oxygen atoms in total. The van der Waals surface area contributed by atoms with Crippen LogP contribution in [0.25, 0.3) is 0 Å². The minimum Gasteiger partial charge on any atom is -0.424 e. The maximum absolute atomic E-state index is 12.0. The summed E-state index contributed by atoms with van der Waals surface area (Å²) < 4.78 is 38.5. The molecule has 0 N–H and O–H groups in total. The highest BCUT2D eigenvalue weighted by Gasteiger charge is 2.22. The van der Waals surface area contributed by atoms with Crippen molar-refractivity contribution in [1.82, 2.24) is 0 Å². The lowest BCUT2D eigenvalue weighted by atomic mass is 10.4. The van der Waals surface area contributed by atoms with E-state index in [0.29, 0.717) is 0 Å². The van der Waals surface area contributed by atoms with Crippen LogP contribution >= 0.6 is 0 Å². The van der Waals surface area contributed by atoms with Crippen molar-refractivity contribution in [3.63, 3.8) is 0 Å². The van der Waals surface area contributed by atoms with Crippen LogP contribution in [-0.4, -0.2) is 18.8 Å². The zero-order valence-electron chi connectivity index (χ0n) is 6.31. The fraction of sp³-hybridized carbons (Fsp3) is 0.571. The van der Waals surface area contributed by atoms with E-state index in [1.54, 1.807) is 0 Å². The average molecular weight is 180 g/mol. The molecule has 0 fully saturated rings. The predicted octanol–water partition coefficient (Wildman–Crippen LogP) is 1.50. The van der Waals surface area contributed by atoms with Crippen molar-refractivity contribution in [2.24, 2.45) is 0 Å². The van der Waals surface area contributed by atoms with Gasteiger partial charge in [-0.3, -0.25) is 4.79 Å². The zero-order chi connectivity index (χ0) is 9.56. The molecule has 68 valence electrons. The van der Waals surface area contributed by atoms with Gasteiger partial charge < -0.3 is 4.74 Å². The Hall–Kier alpha value is -1.18. The summed E-state index contributed by atoms with van der Waals surface area (Å²) in [6.45, 7) is 1.47. The second-order valence-electron chi connectivity index (χ2n) is 1.78. The van der Waals surface area contributed by atoms with Crippen LogP contribution in [-0.2, 0) is 9.53 Å². The number of hydrogen-bond donors (Lipinski definition) is 0. The van der Waals surface area contributed by atoms with Gasteiger partial charge in [0, 0.05) is 0 Å². The van der Waals surface area contributed by atoms with Crippen LogP contribution in [0.2, 0.25) is 0 Å².